The van der Waals surface area contributed by atoms with Gasteiger partial charge < -0.3 is 20.9 Å². The van der Waals surface area contributed by atoms with Crippen LogP contribution < -0.4 is 17.0 Å². The zero-order valence-corrected chi connectivity index (χ0v) is 11.8. The first-order chi connectivity index (χ1) is 9.55. The minimum Gasteiger partial charge on any atom is -0.494 e. The number of ether oxygens (including phenoxy) is 1. The van der Waals surface area contributed by atoms with Crippen LogP contribution in [0.2, 0.25) is 0 Å². The molecule has 0 spiro atoms. The van der Waals surface area contributed by atoms with Crippen molar-refractivity contribution in [3.63, 3.8) is 0 Å². The van der Waals surface area contributed by atoms with Crippen molar-refractivity contribution in [1.82, 2.24) is 10.4 Å². The molecule has 2 rings (SSSR count). The predicted octanol–water partition coefficient (Wildman–Crippen LogP) is 1.22. The summed E-state index contributed by atoms with van der Waals surface area (Å²) in [6, 6.07) is 2.08. The first-order valence-corrected chi connectivity index (χ1v) is 6.20. The van der Waals surface area contributed by atoms with Gasteiger partial charge in [0.15, 0.2) is 0 Å². The van der Waals surface area contributed by atoms with E-state index in [1.54, 1.807) is 13.2 Å². The standard InChI is InChI=1S/C14H19N5O/c1-8-4-9(2)18-11(8)5-13-14(20-3)6-12(19-13)10(15)7-17-16/h4-7,17-18H,15-16H2,1-3H3/b10-7-,13-5-. The van der Waals surface area contributed by atoms with Gasteiger partial charge in [-0.1, -0.05) is 0 Å². The van der Waals surface area contributed by atoms with Gasteiger partial charge in [-0.15, -0.1) is 0 Å². The highest BCUT2D eigenvalue weighted by atomic mass is 16.5. The molecule has 2 heterocycles. The molecule has 0 bridgehead atoms. The fourth-order valence-corrected chi connectivity index (χ4v) is 2.03. The summed E-state index contributed by atoms with van der Waals surface area (Å²) in [5.74, 6) is 5.88. The van der Waals surface area contributed by atoms with Gasteiger partial charge in [-0.3, -0.25) is 5.84 Å². The van der Waals surface area contributed by atoms with E-state index in [1.807, 2.05) is 19.9 Å². The van der Waals surface area contributed by atoms with E-state index >= 15 is 0 Å². The fourth-order valence-electron chi connectivity index (χ4n) is 2.03. The van der Waals surface area contributed by atoms with Gasteiger partial charge in [-0.2, -0.15) is 0 Å². The first-order valence-electron chi connectivity index (χ1n) is 6.20. The molecule has 106 valence electrons. The number of aromatic amines is 1. The van der Waals surface area contributed by atoms with Gasteiger partial charge in [0.05, 0.1) is 18.5 Å². The predicted molar refractivity (Wildman–Crippen MR) is 80.4 cm³/mol. The molecule has 1 aromatic rings. The molecule has 1 aromatic heterocycles. The summed E-state index contributed by atoms with van der Waals surface area (Å²) in [4.78, 5) is 7.73. The number of H-pyrrole nitrogens is 1. The number of nitrogens with two attached hydrogens (primary N) is 2. The molecule has 0 fully saturated rings. The molecule has 6 N–H and O–H groups in total. The molecule has 0 aromatic carbocycles. The summed E-state index contributed by atoms with van der Waals surface area (Å²) >= 11 is 0. The average molecular weight is 273 g/mol. The highest BCUT2D eigenvalue weighted by Gasteiger charge is 2.17. The molecule has 0 aliphatic carbocycles. The monoisotopic (exact) mass is 273 g/mol. The number of nitrogens with zero attached hydrogens (tertiary/aromatic N) is 1. The van der Waals surface area contributed by atoms with Crippen LogP contribution >= 0.6 is 0 Å². The number of aryl methyl sites for hydroxylation is 2. The van der Waals surface area contributed by atoms with Gasteiger partial charge in [0, 0.05) is 23.7 Å². The van der Waals surface area contributed by atoms with Crippen LogP contribution in [0.1, 0.15) is 17.0 Å². The lowest BCUT2D eigenvalue weighted by molar-refractivity contribution is 0.303. The van der Waals surface area contributed by atoms with Gasteiger partial charge in [-0.05, 0) is 31.6 Å². The third-order valence-electron chi connectivity index (χ3n) is 2.99. The van der Waals surface area contributed by atoms with E-state index in [-0.39, 0.29) is 0 Å². The van der Waals surface area contributed by atoms with E-state index < -0.39 is 0 Å². The Labute approximate surface area is 117 Å². The second-order valence-corrected chi connectivity index (χ2v) is 4.55. The number of aromatic nitrogens is 1. The molecule has 0 atom stereocenters. The van der Waals surface area contributed by atoms with Crippen molar-refractivity contribution in [3.05, 3.63) is 52.4 Å². The quantitative estimate of drug-likeness (QED) is 0.489. The maximum atomic E-state index is 5.85. The summed E-state index contributed by atoms with van der Waals surface area (Å²) in [6.45, 7) is 4.05. The van der Waals surface area contributed by atoms with Crippen molar-refractivity contribution >= 4 is 11.8 Å². The largest absolute Gasteiger partial charge is 0.494 e. The van der Waals surface area contributed by atoms with E-state index in [9.17, 15) is 0 Å². The third kappa shape index (κ3) is 2.75. The Balaban J connectivity index is 2.39. The lowest BCUT2D eigenvalue weighted by Crippen LogP contribution is -2.19. The van der Waals surface area contributed by atoms with E-state index in [4.69, 9.17) is 16.3 Å². The number of hydrogen-bond acceptors (Lipinski definition) is 5. The van der Waals surface area contributed by atoms with Gasteiger partial charge >= 0.3 is 0 Å². The lowest BCUT2D eigenvalue weighted by Gasteiger charge is -2.01. The molecule has 1 aliphatic heterocycles. The topological polar surface area (TPSA) is 101 Å². The minimum atomic E-state index is 0.449. The number of nitrogens with one attached hydrogen (secondary N) is 2. The van der Waals surface area contributed by atoms with Gasteiger partial charge in [0.25, 0.3) is 0 Å². The van der Waals surface area contributed by atoms with Gasteiger partial charge in [0.1, 0.15) is 11.5 Å². The maximum Gasteiger partial charge on any atom is 0.146 e. The summed E-state index contributed by atoms with van der Waals surface area (Å²) in [5.41, 5.74) is 13.3. The van der Waals surface area contributed by atoms with Crippen molar-refractivity contribution in [3.8, 4) is 0 Å². The van der Waals surface area contributed by atoms with E-state index in [0.29, 0.717) is 17.2 Å². The minimum absolute atomic E-state index is 0.449. The van der Waals surface area contributed by atoms with Crippen molar-refractivity contribution in [2.24, 2.45) is 16.6 Å². The zero-order chi connectivity index (χ0) is 14.7. The number of hydrogen-bond donors (Lipinski definition) is 4. The molecular weight excluding hydrogens is 254 g/mol. The Morgan fingerprint density at radius 2 is 2.20 bits per heavy atom. The number of hydrazine groups is 1. The number of allylic oxidation sites excluding steroid dienone is 1. The van der Waals surface area contributed by atoms with Crippen LogP contribution in [0.15, 0.2) is 40.5 Å². The smallest absolute Gasteiger partial charge is 0.146 e. The van der Waals surface area contributed by atoms with Crippen molar-refractivity contribution < 1.29 is 4.74 Å². The molecule has 0 amide bonds. The van der Waals surface area contributed by atoms with Crippen LogP contribution in [-0.2, 0) is 4.74 Å². The van der Waals surface area contributed by atoms with Gasteiger partial charge in [0.2, 0.25) is 0 Å². The van der Waals surface area contributed by atoms with Crippen LogP contribution in [0.4, 0.5) is 0 Å². The van der Waals surface area contributed by atoms with E-state index in [0.717, 1.165) is 22.6 Å². The van der Waals surface area contributed by atoms with Crippen molar-refractivity contribution in [2.45, 2.75) is 13.8 Å². The Morgan fingerprint density at radius 1 is 1.45 bits per heavy atom. The van der Waals surface area contributed by atoms with Crippen LogP contribution in [0.25, 0.3) is 6.08 Å². The molecule has 6 heteroatoms. The molecule has 6 nitrogen and oxygen atoms in total. The molecule has 20 heavy (non-hydrogen) atoms. The third-order valence-corrected chi connectivity index (χ3v) is 2.99. The zero-order valence-electron chi connectivity index (χ0n) is 11.8. The highest BCUT2D eigenvalue weighted by molar-refractivity contribution is 6.11. The molecule has 0 saturated carbocycles. The van der Waals surface area contributed by atoms with Gasteiger partial charge in [-0.25, -0.2) is 4.99 Å². The highest BCUT2D eigenvalue weighted by Crippen LogP contribution is 2.24. The number of rotatable bonds is 4. The van der Waals surface area contributed by atoms with Crippen LogP contribution in [0, 0.1) is 13.8 Å². The fraction of sp³-hybridized carbons (Fsp3) is 0.214. The van der Waals surface area contributed by atoms with Crippen LogP contribution in [0.5, 0.6) is 0 Å². The second-order valence-electron chi connectivity index (χ2n) is 4.55. The van der Waals surface area contributed by atoms with E-state index in [1.165, 1.54) is 6.20 Å². The molecule has 0 radical (unpaired) electrons. The Kier molecular flexibility index (Phi) is 3.95. The Bertz CT molecular complexity index is 634. The Morgan fingerprint density at radius 3 is 2.75 bits per heavy atom. The summed E-state index contributed by atoms with van der Waals surface area (Å²) in [6.07, 6.45) is 5.20. The summed E-state index contributed by atoms with van der Waals surface area (Å²) in [5, 5.41) is 0. The van der Waals surface area contributed by atoms with Crippen molar-refractivity contribution in [2.75, 3.05) is 7.11 Å². The average Bonchev–Trinajstić information content (AvgIpc) is 2.94. The molecular formula is C14H19N5O. The Hall–Kier alpha value is -2.47. The lowest BCUT2D eigenvalue weighted by atomic mass is 10.2. The molecule has 0 unspecified atom stereocenters. The van der Waals surface area contributed by atoms with Crippen LogP contribution in [-0.4, -0.2) is 17.8 Å². The normalized spacial score (nSPS) is 17.2. The number of aliphatic imine (C=N–C) groups is 1. The van der Waals surface area contributed by atoms with Crippen LogP contribution in [0.3, 0.4) is 0 Å². The SMILES string of the molecule is COC1=CC(C(/N)=C/NN)=N/C1=C\c1[nH]c(C)cc1C. The maximum absolute atomic E-state index is 5.85. The molecule has 0 saturated heterocycles. The first kappa shape index (κ1) is 14.0. The molecule has 1 aliphatic rings. The second kappa shape index (κ2) is 5.66. The van der Waals surface area contributed by atoms with E-state index in [2.05, 4.69) is 21.5 Å². The summed E-state index contributed by atoms with van der Waals surface area (Å²) < 4.78 is 5.33. The number of methoxy groups -OCH3 is 1. The van der Waals surface area contributed by atoms with Crippen molar-refractivity contribution in [1.29, 1.82) is 0 Å². The summed E-state index contributed by atoms with van der Waals surface area (Å²) in [7, 11) is 1.60.